The van der Waals surface area contributed by atoms with Crippen LogP contribution in [0.3, 0.4) is 0 Å². The van der Waals surface area contributed by atoms with Crippen molar-refractivity contribution in [1.82, 2.24) is 0 Å². The van der Waals surface area contributed by atoms with Gasteiger partial charge in [-0.25, -0.2) is 0 Å². The van der Waals surface area contributed by atoms with Crippen LogP contribution in [0.4, 0.5) is 0 Å². The molecular weight excluding hydrogens is 372 g/mol. The van der Waals surface area contributed by atoms with Crippen LogP contribution in [-0.4, -0.2) is 35.2 Å². The van der Waals surface area contributed by atoms with Crippen molar-refractivity contribution >= 4 is 23.7 Å². The van der Waals surface area contributed by atoms with Crippen molar-refractivity contribution in [1.29, 1.82) is 0 Å². The first kappa shape index (κ1) is 27.3. The first-order chi connectivity index (χ1) is 13.5. The molecule has 5 heteroatoms. The number of aliphatic carboxylic acids is 1. The highest BCUT2D eigenvalue weighted by atomic mass is 32.2. The lowest BCUT2D eigenvalue weighted by Gasteiger charge is -2.06. The van der Waals surface area contributed by atoms with Gasteiger partial charge in [0.1, 0.15) is 0 Å². The predicted octanol–water partition coefficient (Wildman–Crippen LogP) is 6.85. The third kappa shape index (κ3) is 23.3. The average molecular weight is 417 g/mol. The Balaban J connectivity index is 3.18. The zero-order chi connectivity index (χ0) is 20.9. The first-order valence-corrected chi connectivity index (χ1v) is 12.6. The van der Waals surface area contributed by atoms with E-state index < -0.39 is 5.97 Å². The summed E-state index contributed by atoms with van der Waals surface area (Å²) in [5.74, 6) is 2.11. The van der Waals surface area contributed by atoms with E-state index in [9.17, 15) is 9.59 Å². The highest BCUT2D eigenvalue weighted by molar-refractivity contribution is 7.99. The van der Waals surface area contributed by atoms with Gasteiger partial charge in [-0.1, -0.05) is 65.2 Å². The molecule has 0 aliphatic carbocycles. The van der Waals surface area contributed by atoms with Crippen LogP contribution < -0.4 is 0 Å². The minimum absolute atomic E-state index is 0.0587. The molecule has 0 unspecified atom stereocenters. The third-order valence-electron chi connectivity index (χ3n) is 4.79. The van der Waals surface area contributed by atoms with Crippen molar-refractivity contribution < 1.29 is 19.4 Å². The maximum absolute atomic E-state index is 11.7. The van der Waals surface area contributed by atoms with Gasteiger partial charge in [0.2, 0.25) is 0 Å². The molecule has 0 amide bonds. The summed E-state index contributed by atoms with van der Waals surface area (Å²) in [4.78, 5) is 22.1. The molecule has 0 bridgehead atoms. The first-order valence-electron chi connectivity index (χ1n) is 11.5. The van der Waals surface area contributed by atoms with Gasteiger partial charge < -0.3 is 9.84 Å². The van der Waals surface area contributed by atoms with E-state index >= 15 is 0 Å². The van der Waals surface area contributed by atoms with Crippen LogP contribution in [0, 0.1) is 5.92 Å². The maximum Gasteiger partial charge on any atom is 0.305 e. The topological polar surface area (TPSA) is 63.6 Å². The number of rotatable bonds is 21. The molecule has 0 aromatic heterocycles. The SMILES string of the molecule is CC(C)CCCCCCCCCCOC(=O)CCCCSCCCCC(=O)O. The number of hydrogen-bond acceptors (Lipinski definition) is 4. The lowest BCUT2D eigenvalue weighted by atomic mass is 10.0. The molecule has 4 nitrogen and oxygen atoms in total. The van der Waals surface area contributed by atoms with Crippen molar-refractivity contribution in [3.63, 3.8) is 0 Å². The Hall–Kier alpha value is -0.710. The van der Waals surface area contributed by atoms with Gasteiger partial charge in [0.15, 0.2) is 0 Å². The number of carbonyl (C=O) groups is 2. The number of carbonyl (C=O) groups excluding carboxylic acids is 1. The standard InChI is InChI=1S/C23H44O4S/c1-21(2)15-9-7-5-3-4-6-8-12-18-27-23(26)17-11-14-20-28-19-13-10-16-22(24)25/h21H,3-20H2,1-2H3,(H,24,25). The van der Waals surface area contributed by atoms with Gasteiger partial charge in [0.05, 0.1) is 6.61 Å². The quantitative estimate of drug-likeness (QED) is 0.164. The Kier molecular flexibility index (Phi) is 20.5. The summed E-state index contributed by atoms with van der Waals surface area (Å²) in [7, 11) is 0. The van der Waals surface area contributed by atoms with E-state index in [1.165, 1.54) is 44.9 Å². The fourth-order valence-electron chi connectivity index (χ4n) is 3.03. The Morgan fingerprint density at radius 1 is 0.750 bits per heavy atom. The second-order valence-corrected chi connectivity index (χ2v) is 9.38. The highest BCUT2D eigenvalue weighted by Gasteiger charge is 2.03. The number of unbranched alkanes of at least 4 members (excludes halogenated alkanes) is 9. The fraction of sp³-hybridized carbons (Fsp3) is 0.913. The van der Waals surface area contributed by atoms with Crippen LogP contribution in [-0.2, 0) is 14.3 Å². The smallest absolute Gasteiger partial charge is 0.305 e. The van der Waals surface area contributed by atoms with Crippen molar-refractivity contribution in [3.05, 3.63) is 0 Å². The largest absolute Gasteiger partial charge is 0.481 e. The number of ether oxygens (including phenoxy) is 1. The summed E-state index contributed by atoms with van der Waals surface area (Å²) in [5.41, 5.74) is 0. The molecule has 1 N–H and O–H groups in total. The molecule has 0 fully saturated rings. The fourth-order valence-corrected chi connectivity index (χ4v) is 4.05. The molecule has 0 atom stereocenters. The maximum atomic E-state index is 11.7. The lowest BCUT2D eigenvalue weighted by molar-refractivity contribution is -0.144. The molecule has 0 saturated heterocycles. The van der Waals surface area contributed by atoms with Crippen LogP contribution in [0.1, 0.15) is 110 Å². The molecule has 28 heavy (non-hydrogen) atoms. The highest BCUT2D eigenvalue weighted by Crippen LogP contribution is 2.13. The minimum atomic E-state index is -0.712. The van der Waals surface area contributed by atoms with Crippen molar-refractivity contribution in [2.45, 2.75) is 110 Å². The van der Waals surface area contributed by atoms with Crippen molar-refractivity contribution in [3.8, 4) is 0 Å². The monoisotopic (exact) mass is 416 g/mol. The molecule has 0 rings (SSSR count). The van der Waals surface area contributed by atoms with Gasteiger partial charge in [-0.15, -0.1) is 0 Å². The van der Waals surface area contributed by atoms with Crippen LogP contribution in [0.2, 0.25) is 0 Å². The normalized spacial score (nSPS) is 11.1. The van der Waals surface area contributed by atoms with Crippen LogP contribution >= 0.6 is 11.8 Å². The molecule has 0 saturated carbocycles. The Labute approximate surface area is 177 Å². The molecule has 0 aliphatic rings. The van der Waals surface area contributed by atoms with E-state index in [-0.39, 0.29) is 12.4 Å². The summed E-state index contributed by atoms with van der Waals surface area (Å²) in [6.07, 6.45) is 15.9. The minimum Gasteiger partial charge on any atom is -0.481 e. The summed E-state index contributed by atoms with van der Waals surface area (Å²) in [6.45, 7) is 5.16. The summed E-state index contributed by atoms with van der Waals surface area (Å²) < 4.78 is 5.30. The second-order valence-electron chi connectivity index (χ2n) is 8.15. The predicted molar refractivity (Wildman–Crippen MR) is 120 cm³/mol. The number of carboxylic acids is 1. The van der Waals surface area contributed by atoms with E-state index in [0.717, 1.165) is 55.9 Å². The zero-order valence-corrected chi connectivity index (χ0v) is 19.2. The zero-order valence-electron chi connectivity index (χ0n) is 18.4. The van der Waals surface area contributed by atoms with Gasteiger partial charge in [-0.3, -0.25) is 9.59 Å². The number of hydrogen-bond donors (Lipinski definition) is 1. The van der Waals surface area contributed by atoms with Gasteiger partial charge >= 0.3 is 11.9 Å². The summed E-state index contributed by atoms with van der Waals surface area (Å²) >= 11 is 1.85. The summed E-state index contributed by atoms with van der Waals surface area (Å²) in [6, 6.07) is 0. The van der Waals surface area contributed by atoms with E-state index in [2.05, 4.69) is 13.8 Å². The van der Waals surface area contributed by atoms with Gasteiger partial charge in [0, 0.05) is 12.8 Å². The van der Waals surface area contributed by atoms with Crippen LogP contribution in [0.25, 0.3) is 0 Å². The molecule has 0 spiro atoms. The van der Waals surface area contributed by atoms with E-state index in [0.29, 0.717) is 13.0 Å². The number of thioether (sulfide) groups is 1. The molecule has 0 aliphatic heterocycles. The average Bonchev–Trinajstić information content (AvgIpc) is 2.64. The molecular formula is C23H44O4S. The Morgan fingerprint density at radius 2 is 1.29 bits per heavy atom. The molecule has 0 aromatic carbocycles. The second kappa shape index (κ2) is 21.0. The Morgan fingerprint density at radius 3 is 1.86 bits per heavy atom. The van der Waals surface area contributed by atoms with Crippen LogP contribution in [0.15, 0.2) is 0 Å². The molecule has 0 radical (unpaired) electrons. The van der Waals surface area contributed by atoms with Gasteiger partial charge in [-0.2, -0.15) is 11.8 Å². The van der Waals surface area contributed by atoms with Crippen molar-refractivity contribution in [2.75, 3.05) is 18.1 Å². The number of esters is 1. The summed E-state index contributed by atoms with van der Waals surface area (Å²) in [5, 5.41) is 8.55. The van der Waals surface area contributed by atoms with Crippen molar-refractivity contribution in [2.24, 2.45) is 5.92 Å². The van der Waals surface area contributed by atoms with Gasteiger partial charge in [0.25, 0.3) is 0 Å². The molecule has 166 valence electrons. The Bertz CT molecular complexity index is 372. The lowest BCUT2D eigenvalue weighted by Crippen LogP contribution is -2.05. The molecule has 0 aromatic rings. The molecule has 0 heterocycles. The van der Waals surface area contributed by atoms with E-state index in [1.54, 1.807) is 0 Å². The third-order valence-corrected chi connectivity index (χ3v) is 5.94. The van der Waals surface area contributed by atoms with E-state index in [1.807, 2.05) is 11.8 Å². The van der Waals surface area contributed by atoms with Gasteiger partial charge in [-0.05, 0) is 49.5 Å². The number of carboxylic acid groups (broad SMARTS) is 1. The van der Waals surface area contributed by atoms with E-state index in [4.69, 9.17) is 9.84 Å². The van der Waals surface area contributed by atoms with Crippen LogP contribution in [0.5, 0.6) is 0 Å².